The van der Waals surface area contributed by atoms with Gasteiger partial charge in [-0.2, -0.15) is 4.52 Å². The van der Waals surface area contributed by atoms with E-state index in [-0.39, 0.29) is 0 Å². The average molecular weight is 246 g/mol. The van der Waals surface area contributed by atoms with Crippen LogP contribution in [-0.2, 0) is 0 Å². The molecular weight excluding hydrogens is 228 g/mol. The van der Waals surface area contributed by atoms with Crippen molar-refractivity contribution >= 4 is 11.5 Å². The highest BCUT2D eigenvalue weighted by atomic mass is 15.5. The van der Waals surface area contributed by atoms with Crippen molar-refractivity contribution in [2.45, 2.75) is 39.0 Å². The van der Waals surface area contributed by atoms with E-state index in [1.165, 1.54) is 32.1 Å². The molecule has 1 aliphatic rings. The monoisotopic (exact) mass is 246 g/mol. The standard InChI is InChI=1S/C12H18N6/c1-12(5-3-2-4-6-12)9-14-10-7-13-8-11-15-16-17-18(10)11/h7-8,14H,2-6,9H2,1H3. The molecule has 2 aromatic rings. The van der Waals surface area contributed by atoms with Crippen LogP contribution in [0.4, 0.5) is 5.82 Å². The minimum absolute atomic E-state index is 0.383. The Morgan fingerprint density at radius 2 is 2.11 bits per heavy atom. The maximum Gasteiger partial charge on any atom is 0.199 e. The number of nitrogens with one attached hydrogen (secondary N) is 1. The summed E-state index contributed by atoms with van der Waals surface area (Å²) in [6.07, 6.45) is 10.1. The second-order valence-corrected chi connectivity index (χ2v) is 5.47. The van der Waals surface area contributed by atoms with Crippen molar-refractivity contribution in [2.24, 2.45) is 5.41 Å². The maximum absolute atomic E-state index is 4.15. The minimum Gasteiger partial charge on any atom is -0.368 e. The third-order valence-corrected chi connectivity index (χ3v) is 3.87. The van der Waals surface area contributed by atoms with E-state index in [0.29, 0.717) is 11.1 Å². The summed E-state index contributed by atoms with van der Waals surface area (Å²) in [5.41, 5.74) is 1.06. The normalized spacial score (nSPS) is 18.9. The molecule has 1 saturated carbocycles. The Bertz CT molecular complexity index is 528. The Balaban J connectivity index is 1.74. The van der Waals surface area contributed by atoms with Gasteiger partial charge in [-0.3, -0.25) is 4.98 Å². The van der Waals surface area contributed by atoms with Crippen LogP contribution >= 0.6 is 0 Å². The molecule has 6 nitrogen and oxygen atoms in total. The molecule has 0 unspecified atom stereocenters. The molecular formula is C12H18N6. The summed E-state index contributed by atoms with van der Waals surface area (Å²) in [6.45, 7) is 3.31. The van der Waals surface area contributed by atoms with Crippen LogP contribution in [0, 0.1) is 5.41 Å². The fourth-order valence-corrected chi connectivity index (χ4v) is 2.68. The first-order valence-electron chi connectivity index (χ1n) is 6.53. The first-order chi connectivity index (χ1) is 8.77. The van der Waals surface area contributed by atoms with E-state index in [0.717, 1.165) is 12.4 Å². The number of aromatic nitrogens is 5. The van der Waals surface area contributed by atoms with Crippen molar-refractivity contribution in [3.8, 4) is 0 Å². The zero-order valence-electron chi connectivity index (χ0n) is 10.6. The molecule has 1 fully saturated rings. The zero-order valence-corrected chi connectivity index (χ0v) is 10.6. The molecule has 2 aromatic heterocycles. The minimum atomic E-state index is 0.383. The van der Waals surface area contributed by atoms with E-state index < -0.39 is 0 Å². The van der Waals surface area contributed by atoms with Gasteiger partial charge in [0.2, 0.25) is 0 Å². The molecule has 0 spiro atoms. The Labute approximate surface area is 106 Å². The fraction of sp³-hybridized carbons (Fsp3) is 0.667. The quantitative estimate of drug-likeness (QED) is 0.895. The predicted molar refractivity (Wildman–Crippen MR) is 68.3 cm³/mol. The van der Waals surface area contributed by atoms with Gasteiger partial charge >= 0.3 is 0 Å². The van der Waals surface area contributed by atoms with Crippen LogP contribution in [0.3, 0.4) is 0 Å². The highest BCUT2D eigenvalue weighted by molar-refractivity contribution is 5.43. The Hall–Kier alpha value is -1.72. The number of tetrazole rings is 1. The third kappa shape index (κ3) is 2.14. The van der Waals surface area contributed by atoms with E-state index >= 15 is 0 Å². The lowest BCUT2D eigenvalue weighted by Gasteiger charge is -2.33. The summed E-state index contributed by atoms with van der Waals surface area (Å²) in [5.74, 6) is 0.865. The van der Waals surface area contributed by atoms with Gasteiger partial charge in [-0.25, -0.2) is 0 Å². The van der Waals surface area contributed by atoms with Crippen molar-refractivity contribution in [2.75, 3.05) is 11.9 Å². The number of hydrogen-bond donors (Lipinski definition) is 1. The van der Waals surface area contributed by atoms with Gasteiger partial charge in [-0.15, -0.1) is 5.10 Å². The lowest BCUT2D eigenvalue weighted by atomic mass is 9.76. The highest BCUT2D eigenvalue weighted by Crippen LogP contribution is 2.35. The number of anilines is 1. The van der Waals surface area contributed by atoms with Crippen molar-refractivity contribution in [3.05, 3.63) is 12.4 Å². The first-order valence-corrected chi connectivity index (χ1v) is 6.53. The summed E-state index contributed by atoms with van der Waals surface area (Å²) < 4.78 is 1.69. The molecule has 3 rings (SSSR count). The van der Waals surface area contributed by atoms with Crippen molar-refractivity contribution in [1.29, 1.82) is 0 Å². The molecule has 0 aliphatic heterocycles. The van der Waals surface area contributed by atoms with Crippen LogP contribution < -0.4 is 5.32 Å². The van der Waals surface area contributed by atoms with Crippen molar-refractivity contribution in [3.63, 3.8) is 0 Å². The van der Waals surface area contributed by atoms with Gasteiger partial charge in [0.15, 0.2) is 5.65 Å². The van der Waals surface area contributed by atoms with Crippen LogP contribution in [0.25, 0.3) is 5.65 Å². The molecule has 6 heteroatoms. The summed E-state index contributed by atoms with van der Waals surface area (Å²) in [6, 6.07) is 0. The molecule has 0 amide bonds. The van der Waals surface area contributed by atoms with Gasteiger partial charge in [-0.1, -0.05) is 26.2 Å². The van der Waals surface area contributed by atoms with Crippen LogP contribution in [0.1, 0.15) is 39.0 Å². The maximum atomic E-state index is 4.15. The van der Waals surface area contributed by atoms with Gasteiger partial charge in [0.1, 0.15) is 5.82 Å². The van der Waals surface area contributed by atoms with Crippen LogP contribution in [0.5, 0.6) is 0 Å². The van der Waals surface area contributed by atoms with E-state index in [2.05, 4.69) is 32.7 Å². The molecule has 18 heavy (non-hydrogen) atoms. The molecule has 0 radical (unpaired) electrons. The van der Waals surface area contributed by atoms with Crippen molar-refractivity contribution in [1.82, 2.24) is 25.0 Å². The highest BCUT2D eigenvalue weighted by Gasteiger charge is 2.26. The number of fused-ring (bicyclic) bond motifs is 1. The Morgan fingerprint density at radius 3 is 2.94 bits per heavy atom. The van der Waals surface area contributed by atoms with E-state index in [4.69, 9.17) is 0 Å². The zero-order chi connectivity index (χ0) is 12.4. The summed E-state index contributed by atoms with van der Waals surface area (Å²) in [4.78, 5) is 4.15. The second-order valence-electron chi connectivity index (χ2n) is 5.47. The van der Waals surface area contributed by atoms with Crippen LogP contribution in [-0.4, -0.2) is 31.6 Å². The largest absolute Gasteiger partial charge is 0.368 e. The average Bonchev–Trinajstić information content (AvgIpc) is 2.86. The van der Waals surface area contributed by atoms with Gasteiger partial charge in [0.05, 0.1) is 12.4 Å². The summed E-state index contributed by atoms with van der Waals surface area (Å²) in [7, 11) is 0. The van der Waals surface area contributed by atoms with E-state index in [1.54, 1.807) is 16.9 Å². The van der Waals surface area contributed by atoms with E-state index in [9.17, 15) is 0 Å². The topological polar surface area (TPSA) is 68.0 Å². The molecule has 0 bridgehead atoms. The van der Waals surface area contributed by atoms with Crippen LogP contribution in [0.2, 0.25) is 0 Å². The number of hydrogen-bond acceptors (Lipinski definition) is 5. The van der Waals surface area contributed by atoms with Gasteiger partial charge in [-0.05, 0) is 28.7 Å². The second kappa shape index (κ2) is 4.51. The lowest BCUT2D eigenvalue weighted by molar-refractivity contribution is 0.233. The van der Waals surface area contributed by atoms with Gasteiger partial charge in [0, 0.05) is 6.54 Å². The molecule has 0 atom stereocenters. The molecule has 1 N–H and O–H groups in total. The lowest BCUT2D eigenvalue weighted by Crippen LogP contribution is -2.29. The molecule has 0 aromatic carbocycles. The smallest absolute Gasteiger partial charge is 0.199 e. The molecule has 1 aliphatic carbocycles. The molecule has 0 saturated heterocycles. The molecule has 96 valence electrons. The summed E-state index contributed by atoms with van der Waals surface area (Å²) in [5, 5.41) is 14.9. The third-order valence-electron chi connectivity index (χ3n) is 3.87. The van der Waals surface area contributed by atoms with Gasteiger partial charge in [0.25, 0.3) is 0 Å². The molecule has 2 heterocycles. The fourth-order valence-electron chi connectivity index (χ4n) is 2.68. The Kier molecular flexibility index (Phi) is 2.85. The van der Waals surface area contributed by atoms with Crippen molar-refractivity contribution < 1.29 is 0 Å². The van der Waals surface area contributed by atoms with E-state index in [1.807, 2.05) is 0 Å². The SMILES string of the molecule is CC1(CNc2cncc3nnnn23)CCCCC1. The van der Waals surface area contributed by atoms with Crippen LogP contribution in [0.15, 0.2) is 12.4 Å². The number of nitrogens with zero attached hydrogens (tertiary/aromatic N) is 5. The predicted octanol–water partition coefficient (Wildman–Crippen LogP) is 1.90. The Morgan fingerprint density at radius 1 is 1.28 bits per heavy atom. The number of rotatable bonds is 3. The van der Waals surface area contributed by atoms with Gasteiger partial charge < -0.3 is 5.32 Å². The first kappa shape index (κ1) is 11.4. The summed E-state index contributed by atoms with van der Waals surface area (Å²) >= 11 is 0.